The summed E-state index contributed by atoms with van der Waals surface area (Å²) in [5.41, 5.74) is 5.07. The maximum Gasteiger partial charge on any atom is 0.154 e. The Morgan fingerprint density at radius 3 is 2.65 bits per heavy atom. The Morgan fingerprint density at radius 2 is 1.91 bits per heavy atom. The van der Waals surface area contributed by atoms with Crippen molar-refractivity contribution in [3.05, 3.63) is 53.9 Å². The number of aryl methyl sites for hydroxylation is 2. The van der Waals surface area contributed by atoms with Gasteiger partial charge in [-0.1, -0.05) is 19.1 Å². The highest BCUT2D eigenvalue weighted by Gasteiger charge is 2.12. The van der Waals surface area contributed by atoms with Crippen molar-refractivity contribution in [3.63, 3.8) is 0 Å². The van der Waals surface area contributed by atoms with Gasteiger partial charge in [-0.05, 0) is 36.2 Å². The lowest BCUT2D eigenvalue weighted by molar-refractivity contribution is 0.596. The third kappa shape index (κ3) is 3.15. The van der Waals surface area contributed by atoms with Crippen molar-refractivity contribution in [2.45, 2.75) is 19.6 Å². The summed E-state index contributed by atoms with van der Waals surface area (Å²) < 4.78 is 25.8. The molecule has 3 rings (SSSR count). The summed E-state index contributed by atoms with van der Waals surface area (Å²) in [6, 6.07) is 10.4. The number of fused-ring (bicyclic) bond motifs is 1. The molecule has 0 fully saturated rings. The van der Waals surface area contributed by atoms with Gasteiger partial charge in [0.1, 0.15) is 0 Å². The molecular weight excluding hydrogens is 308 g/mol. The number of rotatable bonds is 4. The van der Waals surface area contributed by atoms with Gasteiger partial charge in [0.05, 0.1) is 11.4 Å². The topological polar surface area (TPSA) is 52.0 Å². The van der Waals surface area contributed by atoms with Crippen LogP contribution in [0.15, 0.2) is 42.7 Å². The summed E-state index contributed by atoms with van der Waals surface area (Å²) in [6.45, 7) is 3.74. The van der Waals surface area contributed by atoms with Crippen molar-refractivity contribution in [1.82, 2.24) is 9.55 Å². The van der Waals surface area contributed by atoms with Crippen molar-refractivity contribution in [2.75, 3.05) is 5.75 Å². The molecule has 120 valence electrons. The third-order valence-corrected chi connectivity index (χ3v) is 5.77. The standard InChI is InChI=1S/C18H20N2O2S/c1-4-23(21,22)12-14-8-16(11-19-10-14)18-9-15-6-5-13(2)7-17(15)20(18)3/h5-11H,4,12H2,1-3H3. The highest BCUT2D eigenvalue weighted by Crippen LogP contribution is 2.28. The Kier molecular flexibility index (Phi) is 3.98. The van der Waals surface area contributed by atoms with Gasteiger partial charge in [-0.3, -0.25) is 4.98 Å². The molecule has 0 saturated carbocycles. The van der Waals surface area contributed by atoms with Gasteiger partial charge < -0.3 is 4.57 Å². The van der Waals surface area contributed by atoms with E-state index >= 15 is 0 Å². The highest BCUT2D eigenvalue weighted by atomic mass is 32.2. The van der Waals surface area contributed by atoms with E-state index in [0.717, 1.165) is 22.3 Å². The molecule has 0 bridgehead atoms. The molecule has 0 N–H and O–H groups in total. The van der Waals surface area contributed by atoms with E-state index in [0.29, 0.717) is 0 Å². The molecule has 0 spiro atoms. The number of aromatic nitrogens is 2. The van der Waals surface area contributed by atoms with Crippen LogP contribution in [0.25, 0.3) is 22.2 Å². The Morgan fingerprint density at radius 1 is 1.13 bits per heavy atom. The average Bonchev–Trinajstić information content (AvgIpc) is 2.84. The number of benzene rings is 1. The van der Waals surface area contributed by atoms with Crippen LogP contribution >= 0.6 is 0 Å². The molecule has 2 heterocycles. The van der Waals surface area contributed by atoms with Crippen LogP contribution < -0.4 is 0 Å². The van der Waals surface area contributed by atoms with E-state index < -0.39 is 9.84 Å². The van der Waals surface area contributed by atoms with Gasteiger partial charge in [0, 0.05) is 41.7 Å². The van der Waals surface area contributed by atoms with Gasteiger partial charge >= 0.3 is 0 Å². The molecule has 3 aromatic rings. The molecule has 1 aromatic carbocycles. The maximum absolute atomic E-state index is 11.8. The SMILES string of the molecule is CCS(=O)(=O)Cc1cncc(-c2cc3ccc(C)cc3n2C)c1. The van der Waals surface area contributed by atoms with Gasteiger partial charge in [-0.2, -0.15) is 0 Å². The molecule has 0 aliphatic carbocycles. The fraction of sp³-hybridized carbons (Fsp3) is 0.278. The first kappa shape index (κ1) is 15.7. The molecule has 5 heteroatoms. The predicted octanol–water partition coefficient (Wildman–Crippen LogP) is 3.48. The second-order valence-electron chi connectivity index (χ2n) is 5.91. The summed E-state index contributed by atoms with van der Waals surface area (Å²) in [7, 11) is -1.04. The molecule has 0 atom stereocenters. The summed E-state index contributed by atoms with van der Waals surface area (Å²) in [5, 5.41) is 1.17. The lowest BCUT2D eigenvalue weighted by atomic mass is 10.1. The third-order valence-electron chi connectivity index (χ3n) is 4.12. The van der Waals surface area contributed by atoms with Crippen LogP contribution in [0.2, 0.25) is 0 Å². The smallest absolute Gasteiger partial charge is 0.154 e. The van der Waals surface area contributed by atoms with E-state index in [1.807, 2.05) is 13.1 Å². The number of nitrogens with zero attached hydrogens (tertiary/aromatic N) is 2. The molecule has 4 nitrogen and oxygen atoms in total. The fourth-order valence-corrected chi connectivity index (χ4v) is 3.65. The van der Waals surface area contributed by atoms with Crippen LogP contribution in [0.1, 0.15) is 18.1 Å². The molecule has 0 unspecified atom stereocenters. The zero-order valence-electron chi connectivity index (χ0n) is 13.6. The molecule has 0 radical (unpaired) electrons. The van der Waals surface area contributed by atoms with E-state index in [-0.39, 0.29) is 11.5 Å². The van der Waals surface area contributed by atoms with E-state index in [2.05, 4.69) is 40.7 Å². The molecule has 2 aromatic heterocycles. The van der Waals surface area contributed by atoms with Crippen LogP contribution in [-0.4, -0.2) is 23.7 Å². The average molecular weight is 328 g/mol. The molecule has 0 aliphatic heterocycles. The summed E-state index contributed by atoms with van der Waals surface area (Å²) >= 11 is 0. The summed E-state index contributed by atoms with van der Waals surface area (Å²) in [5.74, 6) is 0.179. The molecule has 0 aliphatic rings. The van der Waals surface area contributed by atoms with Gasteiger partial charge in [0.15, 0.2) is 9.84 Å². The summed E-state index contributed by atoms with van der Waals surface area (Å²) in [6.07, 6.45) is 3.41. The van der Waals surface area contributed by atoms with Crippen molar-refractivity contribution >= 4 is 20.7 Å². The van der Waals surface area contributed by atoms with Crippen molar-refractivity contribution in [1.29, 1.82) is 0 Å². The van der Waals surface area contributed by atoms with E-state index in [1.165, 1.54) is 10.9 Å². The molecule has 23 heavy (non-hydrogen) atoms. The van der Waals surface area contributed by atoms with E-state index in [9.17, 15) is 8.42 Å². The molecule has 0 saturated heterocycles. The van der Waals surface area contributed by atoms with Gasteiger partial charge in [0.25, 0.3) is 0 Å². The van der Waals surface area contributed by atoms with Gasteiger partial charge in [-0.15, -0.1) is 0 Å². The Balaban J connectivity index is 2.07. The largest absolute Gasteiger partial charge is 0.344 e. The Bertz CT molecular complexity index is 972. The maximum atomic E-state index is 11.8. The zero-order valence-corrected chi connectivity index (χ0v) is 14.4. The van der Waals surface area contributed by atoms with Gasteiger partial charge in [0.2, 0.25) is 0 Å². The minimum atomic E-state index is -3.06. The van der Waals surface area contributed by atoms with Crippen LogP contribution in [0, 0.1) is 6.92 Å². The first-order valence-electron chi connectivity index (χ1n) is 7.60. The second-order valence-corrected chi connectivity index (χ2v) is 8.26. The van der Waals surface area contributed by atoms with Crippen molar-refractivity contribution in [2.24, 2.45) is 7.05 Å². The van der Waals surface area contributed by atoms with Crippen LogP contribution in [0.5, 0.6) is 0 Å². The molecular formula is C18H20N2O2S. The van der Waals surface area contributed by atoms with E-state index in [4.69, 9.17) is 0 Å². The Hall–Kier alpha value is -2.14. The first-order chi connectivity index (χ1) is 10.9. The lowest BCUT2D eigenvalue weighted by Gasteiger charge is -2.07. The normalized spacial score (nSPS) is 12.0. The van der Waals surface area contributed by atoms with Crippen molar-refractivity contribution < 1.29 is 8.42 Å². The van der Waals surface area contributed by atoms with Crippen molar-refractivity contribution in [3.8, 4) is 11.3 Å². The Labute approximate surface area is 136 Å². The fourth-order valence-electron chi connectivity index (χ4n) is 2.78. The lowest BCUT2D eigenvalue weighted by Crippen LogP contribution is -2.07. The number of hydrogen-bond acceptors (Lipinski definition) is 3. The second kappa shape index (κ2) is 5.81. The predicted molar refractivity (Wildman–Crippen MR) is 94.1 cm³/mol. The van der Waals surface area contributed by atoms with Crippen LogP contribution in [0.4, 0.5) is 0 Å². The number of hydrogen-bond donors (Lipinski definition) is 0. The van der Waals surface area contributed by atoms with Crippen LogP contribution in [0.3, 0.4) is 0 Å². The highest BCUT2D eigenvalue weighted by molar-refractivity contribution is 7.90. The minimum Gasteiger partial charge on any atom is -0.344 e. The number of sulfone groups is 1. The quantitative estimate of drug-likeness (QED) is 0.737. The first-order valence-corrected chi connectivity index (χ1v) is 9.42. The summed E-state index contributed by atoms with van der Waals surface area (Å²) in [4.78, 5) is 4.23. The monoisotopic (exact) mass is 328 g/mol. The zero-order chi connectivity index (χ0) is 16.6. The van der Waals surface area contributed by atoms with Gasteiger partial charge in [-0.25, -0.2) is 8.42 Å². The number of pyridine rings is 1. The molecule has 0 amide bonds. The minimum absolute atomic E-state index is 0.0351. The van der Waals surface area contributed by atoms with E-state index in [1.54, 1.807) is 19.3 Å². The van der Waals surface area contributed by atoms with Crippen LogP contribution in [-0.2, 0) is 22.6 Å².